The Morgan fingerprint density at radius 1 is 0.327 bits per heavy atom. The summed E-state index contributed by atoms with van der Waals surface area (Å²) in [4.78, 5) is 2.42. The Morgan fingerprint density at radius 3 is 1.60 bits per heavy atom. The van der Waals surface area contributed by atoms with Crippen LogP contribution in [0.2, 0.25) is 0 Å². The summed E-state index contributed by atoms with van der Waals surface area (Å²) in [6.07, 6.45) is 0. The van der Waals surface area contributed by atoms with Crippen molar-refractivity contribution in [3.05, 3.63) is 200 Å². The largest absolute Gasteiger partial charge is 0.309 e. The molecule has 9 aromatic carbocycles. The predicted molar refractivity (Wildman–Crippen MR) is 225 cm³/mol. The first-order chi connectivity index (χ1) is 25.8. The van der Waals surface area contributed by atoms with Crippen molar-refractivity contribution in [2.75, 3.05) is 4.90 Å². The minimum absolute atomic E-state index is 1.12. The summed E-state index contributed by atoms with van der Waals surface area (Å²) in [7, 11) is 0. The fraction of sp³-hybridized carbons (Fsp3) is 0. The molecule has 52 heavy (non-hydrogen) atoms. The smallest absolute Gasteiger partial charge is 0.0540 e. The third-order valence-electron chi connectivity index (χ3n) is 10.3. The number of benzene rings is 9. The first kappa shape index (κ1) is 30.4. The van der Waals surface area contributed by atoms with Gasteiger partial charge >= 0.3 is 0 Å². The van der Waals surface area contributed by atoms with Crippen LogP contribution in [-0.2, 0) is 0 Å². The highest BCUT2D eigenvalue weighted by Crippen LogP contribution is 2.45. The third kappa shape index (κ3) is 5.16. The molecule has 0 spiro atoms. The topological polar surface area (TPSA) is 3.24 Å². The number of hydrogen-bond acceptors (Lipinski definition) is 2. The number of thiophene rings is 1. The van der Waals surface area contributed by atoms with Crippen molar-refractivity contribution in [1.82, 2.24) is 0 Å². The summed E-state index contributed by atoms with van der Waals surface area (Å²) in [5.74, 6) is 0. The molecule has 2 heteroatoms. The van der Waals surface area contributed by atoms with Crippen LogP contribution in [0.25, 0.3) is 75.1 Å². The minimum Gasteiger partial charge on any atom is -0.309 e. The van der Waals surface area contributed by atoms with Gasteiger partial charge in [0.15, 0.2) is 0 Å². The Balaban J connectivity index is 1.13. The average Bonchev–Trinajstić information content (AvgIpc) is 3.61. The van der Waals surface area contributed by atoms with Crippen LogP contribution < -0.4 is 4.90 Å². The molecule has 0 atom stereocenters. The lowest BCUT2D eigenvalue weighted by molar-refractivity contribution is 1.31. The van der Waals surface area contributed by atoms with Crippen LogP contribution in [0.3, 0.4) is 0 Å². The maximum absolute atomic E-state index is 2.42. The Hall–Kier alpha value is -6.48. The molecule has 0 aliphatic rings. The van der Waals surface area contributed by atoms with Crippen molar-refractivity contribution >= 4 is 70.1 Å². The van der Waals surface area contributed by atoms with Gasteiger partial charge in [-0.2, -0.15) is 0 Å². The van der Waals surface area contributed by atoms with Crippen molar-refractivity contribution in [3.63, 3.8) is 0 Å². The normalized spacial score (nSPS) is 11.5. The zero-order chi connectivity index (χ0) is 34.4. The van der Waals surface area contributed by atoms with Gasteiger partial charge in [-0.05, 0) is 75.0 Å². The highest BCUT2D eigenvalue weighted by Gasteiger charge is 2.19. The van der Waals surface area contributed by atoms with E-state index in [0.717, 1.165) is 17.1 Å². The molecule has 0 unspecified atom stereocenters. The molecule has 0 saturated carbocycles. The Bertz CT molecular complexity index is 2810. The molecular weight excluding hydrogens is 647 g/mol. The second kappa shape index (κ2) is 12.7. The molecule has 10 aromatic rings. The highest BCUT2D eigenvalue weighted by atomic mass is 32.1. The molecule has 0 bridgehead atoms. The molecule has 0 aliphatic carbocycles. The fourth-order valence-electron chi connectivity index (χ4n) is 7.79. The summed E-state index contributed by atoms with van der Waals surface area (Å²) in [5.41, 5.74) is 10.8. The second-order valence-corrected chi connectivity index (χ2v) is 14.3. The molecule has 1 nitrogen and oxygen atoms in total. The quantitative estimate of drug-likeness (QED) is 0.169. The number of fused-ring (bicyclic) bond motifs is 5. The summed E-state index contributed by atoms with van der Waals surface area (Å²) in [5, 5.41) is 7.52. The summed E-state index contributed by atoms with van der Waals surface area (Å²) >= 11 is 1.89. The van der Waals surface area contributed by atoms with Gasteiger partial charge in [0.25, 0.3) is 0 Å². The molecule has 0 amide bonds. The maximum atomic E-state index is 2.42. The van der Waals surface area contributed by atoms with Crippen LogP contribution in [0.15, 0.2) is 200 Å². The number of anilines is 3. The zero-order valence-corrected chi connectivity index (χ0v) is 29.2. The zero-order valence-electron chi connectivity index (χ0n) is 28.4. The molecule has 244 valence electrons. The van der Waals surface area contributed by atoms with Gasteiger partial charge < -0.3 is 4.90 Å². The van der Waals surface area contributed by atoms with E-state index in [-0.39, 0.29) is 0 Å². The maximum Gasteiger partial charge on any atom is 0.0540 e. The molecule has 0 saturated heterocycles. The summed E-state index contributed by atoms with van der Waals surface area (Å²) in [6.45, 7) is 0. The lowest BCUT2D eigenvalue weighted by Crippen LogP contribution is -2.11. The summed E-state index contributed by atoms with van der Waals surface area (Å²) < 4.78 is 2.65. The van der Waals surface area contributed by atoms with E-state index in [1.807, 2.05) is 11.3 Å². The van der Waals surface area contributed by atoms with Gasteiger partial charge in [0.1, 0.15) is 0 Å². The van der Waals surface area contributed by atoms with Gasteiger partial charge in [-0.15, -0.1) is 11.3 Å². The van der Waals surface area contributed by atoms with E-state index in [0.29, 0.717) is 0 Å². The molecule has 1 aromatic heterocycles. The lowest BCUT2D eigenvalue weighted by atomic mass is 9.90. The standard InChI is InChI=1S/C50H33NS/c1-2-13-35(14-3-1)40-32-29-38(33-46(40)45-23-12-22-44-43-21-8-9-26-49(43)52-50(44)45)34-27-30-39(31-28-34)51(47-24-10-17-36-15-4-6-19-41(36)47)48-25-11-18-37-16-5-7-20-42(37)48/h1-33H. The molecule has 0 N–H and O–H groups in total. The first-order valence-electron chi connectivity index (χ1n) is 17.8. The van der Waals surface area contributed by atoms with E-state index in [9.17, 15) is 0 Å². The molecule has 10 rings (SSSR count). The fourth-order valence-corrected chi connectivity index (χ4v) is 9.02. The van der Waals surface area contributed by atoms with Crippen LogP contribution in [-0.4, -0.2) is 0 Å². The Labute approximate surface area is 307 Å². The van der Waals surface area contributed by atoms with E-state index in [4.69, 9.17) is 0 Å². The van der Waals surface area contributed by atoms with Gasteiger partial charge in [-0.1, -0.05) is 164 Å². The SMILES string of the molecule is c1ccc(-c2ccc(-c3ccc(N(c4cccc5ccccc45)c4cccc5ccccc45)cc3)cc2-c2cccc3c2sc2ccccc23)cc1. The average molecular weight is 680 g/mol. The van der Waals surface area contributed by atoms with Crippen molar-refractivity contribution in [3.8, 4) is 33.4 Å². The van der Waals surface area contributed by atoms with Gasteiger partial charge in [0, 0.05) is 42.2 Å². The van der Waals surface area contributed by atoms with Crippen LogP contribution >= 0.6 is 11.3 Å². The summed E-state index contributed by atoms with van der Waals surface area (Å²) in [6, 6.07) is 72.9. The van der Waals surface area contributed by atoms with Gasteiger partial charge in [-0.25, -0.2) is 0 Å². The van der Waals surface area contributed by atoms with Crippen molar-refractivity contribution in [2.45, 2.75) is 0 Å². The molecule has 0 fully saturated rings. The van der Waals surface area contributed by atoms with Gasteiger partial charge in [0.2, 0.25) is 0 Å². The molecular formula is C50H33NS. The third-order valence-corrected chi connectivity index (χ3v) is 11.5. The van der Waals surface area contributed by atoms with E-state index < -0.39 is 0 Å². The van der Waals surface area contributed by atoms with E-state index in [2.05, 4.69) is 205 Å². The Morgan fingerprint density at radius 2 is 0.885 bits per heavy atom. The van der Waals surface area contributed by atoms with Crippen molar-refractivity contribution < 1.29 is 0 Å². The van der Waals surface area contributed by atoms with Crippen LogP contribution in [0.4, 0.5) is 17.1 Å². The number of hydrogen-bond donors (Lipinski definition) is 0. The molecule has 0 radical (unpaired) electrons. The molecule has 0 aliphatic heterocycles. The van der Waals surface area contributed by atoms with Gasteiger partial charge in [-0.3, -0.25) is 0 Å². The molecule has 1 heterocycles. The number of rotatable bonds is 6. The minimum atomic E-state index is 1.12. The first-order valence-corrected chi connectivity index (χ1v) is 18.6. The van der Waals surface area contributed by atoms with Crippen LogP contribution in [0.5, 0.6) is 0 Å². The lowest BCUT2D eigenvalue weighted by Gasteiger charge is -2.28. The van der Waals surface area contributed by atoms with Crippen LogP contribution in [0, 0.1) is 0 Å². The predicted octanol–water partition coefficient (Wildman–Crippen LogP) is 14.8. The highest BCUT2D eigenvalue weighted by molar-refractivity contribution is 7.26. The monoisotopic (exact) mass is 679 g/mol. The Kier molecular flexibility index (Phi) is 7.41. The number of nitrogens with zero attached hydrogens (tertiary/aromatic N) is 1. The van der Waals surface area contributed by atoms with Gasteiger partial charge in [0.05, 0.1) is 11.4 Å². The van der Waals surface area contributed by atoms with E-state index >= 15 is 0 Å². The van der Waals surface area contributed by atoms with Crippen molar-refractivity contribution in [1.29, 1.82) is 0 Å². The second-order valence-electron chi connectivity index (χ2n) is 13.3. The van der Waals surface area contributed by atoms with E-state index in [1.165, 1.54) is 75.1 Å². The van der Waals surface area contributed by atoms with E-state index in [1.54, 1.807) is 0 Å². The van der Waals surface area contributed by atoms with Crippen LogP contribution in [0.1, 0.15) is 0 Å². The van der Waals surface area contributed by atoms with Crippen molar-refractivity contribution in [2.24, 2.45) is 0 Å².